The standard InChI is InChI=1S/C9H10N2O5S/c1-3-6-8(10(12)13)5(2)4-7(17-16)9(6)11(14)15/h4,16H,3H2,1-2H3. The monoisotopic (exact) mass is 258 g/mol. The van der Waals surface area contributed by atoms with Gasteiger partial charge >= 0.3 is 0 Å². The van der Waals surface area contributed by atoms with E-state index in [1.54, 1.807) is 6.92 Å². The highest BCUT2D eigenvalue weighted by atomic mass is 32.2. The molecule has 8 heteroatoms. The Hall–Kier alpha value is -1.67. The fraction of sp³-hybridized carbons (Fsp3) is 0.333. The first-order valence-electron chi connectivity index (χ1n) is 4.70. The molecule has 1 aromatic rings. The molecular formula is C9H10N2O5S. The number of aryl methyl sites for hydroxylation is 1. The van der Waals surface area contributed by atoms with E-state index in [9.17, 15) is 20.2 Å². The zero-order chi connectivity index (χ0) is 13.2. The number of hydrogen-bond donors (Lipinski definition) is 1. The molecule has 0 unspecified atom stereocenters. The summed E-state index contributed by atoms with van der Waals surface area (Å²) < 4.78 is 8.98. The molecule has 0 amide bonds. The predicted octanol–water partition coefficient (Wildman–Crippen LogP) is 2.94. The molecule has 0 radical (unpaired) electrons. The Labute approximate surface area is 101 Å². The highest BCUT2D eigenvalue weighted by Crippen LogP contribution is 2.39. The normalized spacial score (nSPS) is 10.3. The Morgan fingerprint density at radius 3 is 2.18 bits per heavy atom. The summed E-state index contributed by atoms with van der Waals surface area (Å²) in [4.78, 5) is 20.5. The quantitative estimate of drug-likeness (QED) is 0.505. The molecule has 1 rings (SSSR count). The van der Waals surface area contributed by atoms with Gasteiger partial charge in [0, 0.05) is 17.6 Å². The SMILES string of the molecule is CCc1c([N+](=O)[O-])c(C)cc(SO)c1[N+](=O)[O-]. The van der Waals surface area contributed by atoms with Crippen LogP contribution in [0.4, 0.5) is 11.4 Å². The zero-order valence-corrected chi connectivity index (χ0v) is 9.98. The van der Waals surface area contributed by atoms with Crippen LogP contribution in [-0.4, -0.2) is 14.4 Å². The van der Waals surface area contributed by atoms with Gasteiger partial charge in [0.15, 0.2) is 0 Å². The molecule has 0 aliphatic rings. The fourth-order valence-corrected chi connectivity index (χ4v) is 2.20. The van der Waals surface area contributed by atoms with Gasteiger partial charge in [-0.3, -0.25) is 20.2 Å². The van der Waals surface area contributed by atoms with E-state index in [0.29, 0.717) is 5.56 Å². The summed E-state index contributed by atoms with van der Waals surface area (Å²) >= 11 is 0.224. The molecule has 1 N–H and O–H groups in total. The number of nitrogens with zero attached hydrogens (tertiary/aromatic N) is 2. The lowest BCUT2D eigenvalue weighted by molar-refractivity contribution is -0.397. The fourth-order valence-electron chi connectivity index (χ4n) is 1.69. The topological polar surface area (TPSA) is 107 Å². The van der Waals surface area contributed by atoms with E-state index in [4.69, 9.17) is 4.55 Å². The van der Waals surface area contributed by atoms with E-state index in [-0.39, 0.29) is 34.6 Å². The van der Waals surface area contributed by atoms with Crippen LogP contribution in [-0.2, 0) is 6.42 Å². The minimum atomic E-state index is -0.705. The molecule has 0 aliphatic heterocycles. The molecule has 0 fully saturated rings. The van der Waals surface area contributed by atoms with Crippen molar-refractivity contribution in [3.05, 3.63) is 37.4 Å². The summed E-state index contributed by atoms with van der Waals surface area (Å²) in [6, 6.07) is 1.25. The predicted molar refractivity (Wildman–Crippen MR) is 62.4 cm³/mol. The molecule has 0 saturated carbocycles. The molecule has 17 heavy (non-hydrogen) atoms. The van der Waals surface area contributed by atoms with Crippen molar-refractivity contribution in [3.8, 4) is 0 Å². The largest absolute Gasteiger partial charge is 0.325 e. The Morgan fingerprint density at radius 2 is 1.82 bits per heavy atom. The third-order valence-electron chi connectivity index (χ3n) is 2.34. The van der Waals surface area contributed by atoms with Gasteiger partial charge in [0.25, 0.3) is 11.4 Å². The van der Waals surface area contributed by atoms with Crippen molar-refractivity contribution in [2.24, 2.45) is 0 Å². The van der Waals surface area contributed by atoms with E-state index in [2.05, 4.69) is 0 Å². The van der Waals surface area contributed by atoms with Crippen LogP contribution in [0.3, 0.4) is 0 Å². The first kappa shape index (κ1) is 13.4. The summed E-state index contributed by atoms with van der Waals surface area (Å²) in [5.74, 6) is 0. The molecule has 0 atom stereocenters. The molecule has 0 aliphatic carbocycles. The summed E-state index contributed by atoms with van der Waals surface area (Å²) in [5, 5.41) is 21.8. The van der Waals surface area contributed by atoms with Gasteiger partial charge in [0.05, 0.1) is 9.85 Å². The lowest BCUT2D eigenvalue weighted by Crippen LogP contribution is -2.04. The minimum Gasteiger partial charge on any atom is -0.325 e. The molecule has 0 heterocycles. The Balaban J connectivity index is 3.71. The summed E-state index contributed by atoms with van der Waals surface area (Å²) in [5.41, 5.74) is -0.306. The van der Waals surface area contributed by atoms with E-state index in [1.807, 2.05) is 0 Å². The van der Waals surface area contributed by atoms with Crippen molar-refractivity contribution in [2.45, 2.75) is 25.2 Å². The summed E-state index contributed by atoms with van der Waals surface area (Å²) in [6.07, 6.45) is 0.155. The molecule has 1 aromatic carbocycles. The maximum atomic E-state index is 10.9. The van der Waals surface area contributed by atoms with E-state index < -0.39 is 15.5 Å². The summed E-state index contributed by atoms with van der Waals surface area (Å²) in [6.45, 7) is 3.08. The second-order valence-corrected chi connectivity index (χ2v) is 3.95. The number of benzene rings is 1. The highest BCUT2D eigenvalue weighted by molar-refractivity contribution is 7.94. The van der Waals surface area contributed by atoms with Gasteiger partial charge < -0.3 is 4.55 Å². The molecule has 0 saturated heterocycles. The average Bonchev–Trinajstić information content (AvgIpc) is 2.25. The van der Waals surface area contributed by atoms with Crippen LogP contribution < -0.4 is 0 Å². The Bertz CT molecular complexity index is 489. The number of nitro groups is 2. The van der Waals surface area contributed by atoms with Crippen LogP contribution in [0.5, 0.6) is 0 Å². The second-order valence-electron chi connectivity index (χ2n) is 3.33. The third kappa shape index (κ3) is 2.37. The number of rotatable bonds is 4. The first-order valence-corrected chi connectivity index (χ1v) is 5.48. The maximum absolute atomic E-state index is 10.9. The van der Waals surface area contributed by atoms with Crippen LogP contribution in [0.15, 0.2) is 11.0 Å². The van der Waals surface area contributed by atoms with E-state index in [1.165, 1.54) is 13.0 Å². The van der Waals surface area contributed by atoms with Crippen molar-refractivity contribution < 1.29 is 14.4 Å². The highest BCUT2D eigenvalue weighted by Gasteiger charge is 2.30. The van der Waals surface area contributed by atoms with Crippen LogP contribution in [0.2, 0.25) is 0 Å². The number of hydrogen-bond acceptors (Lipinski definition) is 6. The zero-order valence-electron chi connectivity index (χ0n) is 9.17. The van der Waals surface area contributed by atoms with Crippen molar-refractivity contribution in [1.82, 2.24) is 0 Å². The molecule has 7 nitrogen and oxygen atoms in total. The first-order chi connectivity index (χ1) is 7.93. The molecule has 0 spiro atoms. The average molecular weight is 258 g/mol. The maximum Gasteiger partial charge on any atom is 0.295 e. The lowest BCUT2D eigenvalue weighted by Gasteiger charge is -2.07. The molecular weight excluding hydrogens is 248 g/mol. The van der Waals surface area contributed by atoms with Gasteiger partial charge in [-0.2, -0.15) is 0 Å². The van der Waals surface area contributed by atoms with Crippen LogP contribution in [0.25, 0.3) is 0 Å². The van der Waals surface area contributed by atoms with E-state index in [0.717, 1.165) is 0 Å². The Kier molecular flexibility index (Phi) is 4.02. The van der Waals surface area contributed by atoms with Crippen LogP contribution in [0, 0.1) is 27.2 Å². The van der Waals surface area contributed by atoms with Gasteiger partial charge in [-0.05, 0) is 19.4 Å². The molecule has 92 valence electrons. The Morgan fingerprint density at radius 1 is 1.29 bits per heavy atom. The van der Waals surface area contributed by atoms with Crippen LogP contribution in [0.1, 0.15) is 18.1 Å². The van der Waals surface area contributed by atoms with Crippen LogP contribution >= 0.6 is 12.0 Å². The van der Waals surface area contributed by atoms with E-state index >= 15 is 0 Å². The van der Waals surface area contributed by atoms with Gasteiger partial charge in [0.1, 0.15) is 10.5 Å². The smallest absolute Gasteiger partial charge is 0.295 e. The second kappa shape index (κ2) is 5.11. The molecule has 0 aromatic heterocycles. The van der Waals surface area contributed by atoms with Gasteiger partial charge in [-0.25, -0.2) is 0 Å². The van der Waals surface area contributed by atoms with Crippen molar-refractivity contribution in [1.29, 1.82) is 0 Å². The number of nitro benzene ring substituents is 2. The van der Waals surface area contributed by atoms with Crippen molar-refractivity contribution in [2.75, 3.05) is 0 Å². The van der Waals surface area contributed by atoms with Crippen molar-refractivity contribution >= 4 is 23.4 Å². The van der Waals surface area contributed by atoms with Gasteiger partial charge in [-0.1, -0.05) is 6.92 Å². The molecule has 0 bridgehead atoms. The van der Waals surface area contributed by atoms with Gasteiger partial charge in [0.2, 0.25) is 0 Å². The third-order valence-corrected chi connectivity index (χ3v) is 2.85. The minimum absolute atomic E-state index is 0.0231. The summed E-state index contributed by atoms with van der Waals surface area (Å²) in [7, 11) is 0. The van der Waals surface area contributed by atoms with Crippen molar-refractivity contribution in [3.63, 3.8) is 0 Å². The lowest BCUT2D eigenvalue weighted by atomic mass is 10.0. The van der Waals surface area contributed by atoms with Gasteiger partial charge in [-0.15, -0.1) is 0 Å².